The maximum absolute atomic E-state index is 14.5. The second-order valence-corrected chi connectivity index (χ2v) is 12.6. The standard InChI is InChI=1S/C35H38N6O6S/c1-6-39(29-14-10-11-24(2)31(29)37-35(43)47-23-25-12-8-7-9-13-25)30-21-26-22-36-34(48(5)45)38-32(26)40(33(30)42)27-15-17-28(18-16-27)41(3,44)19-20-46-4/h7-18,21-22H,6,19-20,23H2,1-5H3,(H,37,43). The van der Waals surface area contributed by atoms with Gasteiger partial charge in [0.25, 0.3) is 5.56 Å². The van der Waals surface area contributed by atoms with Crippen LogP contribution in [-0.4, -0.2) is 64.9 Å². The van der Waals surface area contributed by atoms with Crippen LogP contribution in [0.5, 0.6) is 0 Å². The molecule has 0 saturated heterocycles. The maximum atomic E-state index is 14.5. The van der Waals surface area contributed by atoms with E-state index in [1.165, 1.54) is 24.1 Å². The minimum absolute atomic E-state index is 0.0786. The maximum Gasteiger partial charge on any atom is 0.412 e. The molecule has 250 valence electrons. The highest BCUT2D eigenvalue weighted by molar-refractivity contribution is 7.84. The Morgan fingerprint density at radius 2 is 1.79 bits per heavy atom. The van der Waals surface area contributed by atoms with Crippen LogP contribution in [0.4, 0.5) is 27.5 Å². The lowest BCUT2D eigenvalue weighted by Crippen LogP contribution is -2.41. The number of hydroxylamine groups is 2. The molecule has 0 aliphatic rings. The molecular formula is C35H38N6O6S. The number of hydrogen-bond acceptors (Lipinski definition) is 9. The Hall–Kier alpha value is -4.95. The first kappa shape index (κ1) is 34.4. The van der Waals surface area contributed by atoms with Gasteiger partial charge in [0.05, 0.1) is 41.5 Å². The molecule has 0 aliphatic carbocycles. The highest BCUT2D eigenvalue weighted by atomic mass is 32.2. The second-order valence-electron chi connectivity index (χ2n) is 11.3. The van der Waals surface area contributed by atoms with Crippen LogP contribution in [0.15, 0.2) is 95.0 Å². The zero-order valence-corrected chi connectivity index (χ0v) is 28.3. The van der Waals surface area contributed by atoms with Gasteiger partial charge in [-0.3, -0.25) is 18.9 Å². The van der Waals surface area contributed by atoms with Gasteiger partial charge in [-0.25, -0.2) is 14.8 Å². The van der Waals surface area contributed by atoms with Crippen molar-refractivity contribution in [3.63, 3.8) is 0 Å². The summed E-state index contributed by atoms with van der Waals surface area (Å²) < 4.78 is 23.7. The lowest BCUT2D eigenvalue weighted by atomic mass is 10.1. The summed E-state index contributed by atoms with van der Waals surface area (Å²) in [5.41, 5.74) is 3.77. The van der Waals surface area contributed by atoms with E-state index >= 15 is 0 Å². The topological polar surface area (TPSA) is 139 Å². The smallest absolute Gasteiger partial charge is 0.412 e. The quantitative estimate of drug-likeness (QED) is 0.0989. The molecule has 0 fully saturated rings. The molecule has 3 aromatic carbocycles. The first-order chi connectivity index (χ1) is 23.0. The summed E-state index contributed by atoms with van der Waals surface area (Å²) in [6.45, 7) is 4.72. The number of aromatic nitrogens is 3. The number of fused-ring (bicyclic) bond motifs is 1. The number of likely N-dealkylation sites (N-methyl/N-ethyl adjacent to an activating group) is 1. The number of benzene rings is 3. The number of carbonyl (C=O) groups excluding carboxylic acids is 1. The molecule has 0 radical (unpaired) electrons. The number of rotatable bonds is 12. The Kier molecular flexibility index (Phi) is 10.6. The third kappa shape index (κ3) is 7.44. The third-order valence-corrected chi connectivity index (χ3v) is 8.63. The van der Waals surface area contributed by atoms with E-state index in [9.17, 15) is 19.0 Å². The van der Waals surface area contributed by atoms with E-state index in [2.05, 4.69) is 15.3 Å². The van der Waals surface area contributed by atoms with Crippen molar-refractivity contribution in [3.05, 3.63) is 112 Å². The predicted molar refractivity (Wildman–Crippen MR) is 189 cm³/mol. The van der Waals surface area contributed by atoms with E-state index in [1.807, 2.05) is 62.4 Å². The first-order valence-corrected chi connectivity index (χ1v) is 16.9. The molecule has 2 unspecified atom stereocenters. The van der Waals surface area contributed by atoms with Gasteiger partial charge in [-0.1, -0.05) is 42.5 Å². The van der Waals surface area contributed by atoms with Gasteiger partial charge in [-0.15, -0.1) is 0 Å². The van der Waals surface area contributed by atoms with E-state index in [-0.39, 0.29) is 30.6 Å². The molecule has 0 spiro atoms. The Morgan fingerprint density at radius 3 is 2.46 bits per heavy atom. The first-order valence-electron chi connectivity index (χ1n) is 15.3. The van der Waals surface area contributed by atoms with Crippen LogP contribution in [0.2, 0.25) is 0 Å². The zero-order valence-electron chi connectivity index (χ0n) is 27.5. The van der Waals surface area contributed by atoms with Crippen molar-refractivity contribution in [1.82, 2.24) is 19.2 Å². The summed E-state index contributed by atoms with van der Waals surface area (Å²) in [5.74, 6) is 0. The number of aryl methyl sites for hydroxylation is 1. The molecule has 0 saturated carbocycles. The molecule has 12 nitrogen and oxygen atoms in total. The molecule has 2 aromatic heterocycles. The largest absolute Gasteiger partial charge is 0.627 e. The van der Waals surface area contributed by atoms with Crippen LogP contribution in [0.3, 0.4) is 0 Å². The minimum Gasteiger partial charge on any atom is -0.627 e. The van der Waals surface area contributed by atoms with Gasteiger partial charge in [0.15, 0.2) is 5.65 Å². The molecular weight excluding hydrogens is 632 g/mol. The van der Waals surface area contributed by atoms with E-state index in [4.69, 9.17) is 9.47 Å². The summed E-state index contributed by atoms with van der Waals surface area (Å²) in [6.07, 6.45) is 2.37. The number of anilines is 3. The normalized spacial score (nSPS) is 13.1. The highest BCUT2D eigenvalue weighted by Crippen LogP contribution is 2.35. The van der Waals surface area contributed by atoms with Gasteiger partial charge in [-0.2, -0.15) is 0 Å². The van der Waals surface area contributed by atoms with Crippen molar-refractivity contribution < 1.29 is 18.5 Å². The lowest BCUT2D eigenvalue weighted by Gasteiger charge is -2.37. The SMILES string of the molecule is CCN(c1cccc(C)c1NC(=O)OCc1ccccc1)c1cc2cnc(S(C)=O)nc2n(-c2ccc([N+](C)([O-])CCOC)cc2)c1=O. The number of carbonyl (C=O) groups is 1. The van der Waals surface area contributed by atoms with E-state index < -0.39 is 27.1 Å². The number of methoxy groups -OCH3 is 1. The number of quaternary nitrogens is 1. The lowest BCUT2D eigenvalue weighted by molar-refractivity contribution is 0.155. The minimum atomic E-state index is -1.50. The number of nitrogens with one attached hydrogen (secondary N) is 1. The molecule has 0 bridgehead atoms. The van der Waals surface area contributed by atoms with E-state index in [0.29, 0.717) is 40.4 Å². The summed E-state index contributed by atoms with van der Waals surface area (Å²) >= 11 is 0. The Balaban J connectivity index is 1.60. The molecule has 0 aliphatic heterocycles. The monoisotopic (exact) mass is 670 g/mol. The van der Waals surface area contributed by atoms with Crippen molar-refractivity contribution in [3.8, 4) is 5.69 Å². The number of amides is 1. The molecule has 5 aromatic rings. The van der Waals surface area contributed by atoms with Crippen molar-refractivity contribution in [1.29, 1.82) is 0 Å². The van der Waals surface area contributed by atoms with E-state index in [1.54, 1.807) is 42.3 Å². The summed E-state index contributed by atoms with van der Waals surface area (Å²) in [7, 11) is 1.58. The zero-order chi connectivity index (χ0) is 34.4. The molecule has 2 atom stereocenters. The van der Waals surface area contributed by atoms with Crippen LogP contribution in [0.25, 0.3) is 16.7 Å². The Bertz CT molecular complexity index is 2000. The van der Waals surface area contributed by atoms with Crippen LogP contribution in [0, 0.1) is 12.1 Å². The molecule has 48 heavy (non-hydrogen) atoms. The average molecular weight is 671 g/mol. The van der Waals surface area contributed by atoms with Crippen molar-refractivity contribution in [2.75, 3.05) is 50.3 Å². The fraction of sp³-hybridized carbons (Fsp3) is 0.257. The summed E-state index contributed by atoms with van der Waals surface area (Å²) in [6, 6.07) is 23.3. The Morgan fingerprint density at radius 1 is 1.06 bits per heavy atom. The van der Waals surface area contributed by atoms with Gasteiger partial charge < -0.3 is 24.2 Å². The van der Waals surface area contributed by atoms with Gasteiger partial charge in [0.2, 0.25) is 5.16 Å². The Labute approximate surface area is 281 Å². The predicted octanol–water partition coefficient (Wildman–Crippen LogP) is 5.81. The molecule has 1 N–H and O–H groups in total. The van der Waals surface area contributed by atoms with Crippen molar-refractivity contribution in [2.24, 2.45) is 0 Å². The molecule has 1 amide bonds. The highest BCUT2D eigenvalue weighted by Gasteiger charge is 2.23. The third-order valence-electron chi connectivity index (χ3n) is 7.92. The van der Waals surface area contributed by atoms with Crippen molar-refractivity contribution >= 4 is 50.7 Å². The fourth-order valence-electron chi connectivity index (χ4n) is 5.32. The van der Waals surface area contributed by atoms with Crippen LogP contribution in [-0.2, 0) is 26.9 Å². The number of pyridine rings is 1. The number of para-hydroxylation sites is 1. The fourth-order valence-corrected chi connectivity index (χ4v) is 5.74. The van der Waals surface area contributed by atoms with Crippen LogP contribution in [0.1, 0.15) is 18.1 Å². The van der Waals surface area contributed by atoms with Gasteiger partial charge in [0, 0.05) is 43.6 Å². The number of nitrogens with zero attached hydrogens (tertiary/aromatic N) is 5. The van der Waals surface area contributed by atoms with Crippen LogP contribution >= 0.6 is 0 Å². The van der Waals surface area contributed by atoms with Crippen molar-refractivity contribution in [2.45, 2.75) is 25.6 Å². The summed E-state index contributed by atoms with van der Waals surface area (Å²) in [4.78, 5) is 38.1. The number of ether oxygens (including phenoxy) is 2. The average Bonchev–Trinajstić information content (AvgIpc) is 3.08. The molecule has 2 heterocycles. The molecule has 5 rings (SSSR count). The second kappa shape index (κ2) is 14.9. The van der Waals surface area contributed by atoms with Gasteiger partial charge >= 0.3 is 6.09 Å². The van der Waals surface area contributed by atoms with E-state index in [0.717, 1.165) is 11.1 Å². The van der Waals surface area contributed by atoms with Gasteiger partial charge in [0.1, 0.15) is 24.5 Å². The molecule has 13 heteroatoms. The number of hydrogen-bond donors (Lipinski definition) is 1. The summed E-state index contributed by atoms with van der Waals surface area (Å²) in [5, 5.41) is 16.7. The van der Waals surface area contributed by atoms with Gasteiger partial charge in [-0.05, 0) is 49.2 Å². The van der Waals surface area contributed by atoms with Crippen LogP contribution < -0.4 is 20.4 Å².